The average molecular weight is 477 g/mol. The molecule has 7 heteroatoms. The van der Waals surface area contributed by atoms with Crippen LogP contribution in [0, 0.1) is 0 Å². The van der Waals surface area contributed by atoms with Crippen LogP contribution in [0.15, 0.2) is 60.3 Å². The second-order valence-electron chi connectivity index (χ2n) is 9.12. The van der Waals surface area contributed by atoms with Crippen molar-refractivity contribution in [2.75, 3.05) is 49.5 Å². The van der Waals surface area contributed by atoms with Gasteiger partial charge in [0.15, 0.2) is 0 Å². The lowest BCUT2D eigenvalue weighted by Crippen LogP contribution is -2.47. The summed E-state index contributed by atoms with van der Waals surface area (Å²) in [5, 5.41) is 3.41. The summed E-state index contributed by atoms with van der Waals surface area (Å²) >= 11 is 0. The molecule has 1 fully saturated rings. The number of benzene rings is 1. The van der Waals surface area contributed by atoms with Crippen LogP contribution in [0.3, 0.4) is 0 Å². The zero-order chi connectivity index (χ0) is 24.6. The third-order valence-electron chi connectivity index (χ3n) is 6.13. The molecule has 0 spiro atoms. The maximum absolute atomic E-state index is 13.3. The molecule has 7 nitrogen and oxygen atoms in total. The number of ether oxygens (including phenoxy) is 2. The van der Waals surface area contributed by atoms with Crippen LogP contribution in [0.5, 0.6) is 5.75 Å². The van der Waals surface area contributed by atoms with Crippen molar-refractivity contribution in [1.29, 1.82) is 0 Å². The first-order valence-corrected chi connectivity index (χ1v) is 12.6. The van der Waals surface area contributed by atoms with Gasteiger partial charge in [-0.3, -0.25) is 4.90 Å². The molecule has 0 atom stereocenters. The van der Waals surface area contributed by atoms with Gasteiger partial charge in [-0.1, -0.05) is 35.9 Å². The Morgan fingerprint density at radius 3 is 2.63 bits per heavy atom. The molecule has 0 amide bonds. The first kappa shape index (κ1) is 24.8. The van der Waals surface area contributed by atoms with Gasteiger partial charge in [0.25, 0.3) is 0 Å². The summed E-state index contributed by atoms with van der Waals surface area (Å²) < 4.78 is 11.4. The van der Waals surface area contributed by atoms with E-state index in [4.69, 9.17) is 9.47 Å². The van der Waals surface area contributed by atoms with Gasteiger partial charge < -0.3 is 19.7 Å². The monoisotopic (exact) mass is 476 g/mol. The number of nitrogens with one attached hydrogen (secondary N) is 1. The maximum atomic E-state index is 13.3. The molecule has 2 heterocycles. The number of hydrogen-bond donors (Lipinski definition) is 1. The van der Waals surface area contributed by atoms with E-state index in [9.17, 15) is 4.79 Å². The van der Waals surface area contributed by atoms with Crippen molar-refractivity contribution >= 4 is 23.2 Å². The zero-order valence-corrected chi connectivity index (χ0v) is 21.0. The number of pyridine rings is 1. The fourth-order valence-electron chi connectivity index (χ4n) is 4.45. The number of allylic oxidation sites excluding steroid dienone is 3. The molecule has 1 aromatic carbocycles. The molecule has 35 heavy (non-hydrogen) atoms. The fraction of sp³-hybridized carbons (Fsp3) is 0.429. The number of hydrogen-bond acceptors (Lipinski definition) is 7. The van der Waals surface area contributed by atoms with Gasteiger partial charge in [-0.25, -0.2) is 9.78 Å². The van der Waals surface area contributed by atoms with Gasteiger partial charge in [0, 0.05) is 38.9 Å². The number of rotatable bonds is 9. The normalized spacial score (nSPS) is 16.2. The highest BCUT2D eigenvalue weighted by Gasteiger charge is 2.27. The van der Waals surface area contributed by atoms with Crippen LogP contribution >= 0.6 is 0 Å². The van der Waals surface area contributed by atoms with Crippen LogP contribution in [-0.4, -0.2) is 61.3 Å². The van der Waals surface area contributed by atoms with Crippen molar-refractivity contribution in [1.82, 2.24) is 9.88 Å². The fourth-order valence-corrected chi connectivity index (χ4v) is 4.45. The lowest BCUT2D eigenvalue weighted by atomic mass is 10.0. The summed E-state index contributed by atoms with van der Waals surface area (Å²) in [5.74, 6) is 1.02. The van der Waals surface area contributed by atoms with Crippen molar-refractivity contribution in [2.24, 2.45) is 0 Å². The predicted molar refractivity (Wildman–Crippen MR) is 141 cm³/mol. The highest BCUT2D eigenvalue weighted by atomic mass is 16.5. The molecule has 0 bridgehead atoms. The van der Waals surface area contributed by atoms with Crippen molar-refractivity contribution in [3.05, 3.63) is 65.9 Å². The molecule has 2 aliphatic rings. The predicted octanol–water partition coefficient (Wildman–Crippen LogP) is 5.19. The lowest BCUT2D eigenvalue weighted by Gasteiger charge is -2.36. The van der Waals surface area contributed by atoms with E-state index in [0.717, 1.165) is 57.0 Å². The van der Waals surface area contributed by atoms with Crippen LogP contribution in [0.4, 0.5) is 17.2 Å². The van der Waals surface area contributed by atoms with Crippen molar-refractivity contribution < 1.29 is 14.3 Å². The molecule has 1 aromatic heterocycles. The molecule has 0 unspecified atom stereocenters. The van der Waals surface area contributed by atoms with Crippen molar-refractivity contribution in [2.45, 2.75) is 39.7 Å². The number of esters is 1. The van der Waals surface area contributed by atoms with Crippen LogP contribution < -0.4 is 15.0 Å². The van der Waals surface area contributed by atoms with Gasteiger partial charge in [-0.2, -0.15) is 0 Å². The topological polar surface area (TPSA) is 66.9 Å². The second kappa shape index (κ2) is 11.9. The van der Waals surface area contributed by atoms with E-state index >= 15 is 0 Å². The minimum absolute atomic E-state index is 0.228. The highest BCUT2D eigenvalue weighted by molar-refractivity contribution is 6.01. The number of para-hydroxylation sites is 2. The largest absolute Gasteiger partial charge is 0.492 e. The van der Waals surface area contributed by atoms with Crippen LogP contribution in [0.1, 0.15) is 44.0 Å². The van der Waals surface area contributed by atoms with E-state index in [-0.39, 0.29) is 12.1 Å². The van der Waals surface area contributed by atoms with Gasteiger partial charge >= 0.3 is 5.97 Å². The molecule has 1 aliphatic carbocycles. The quantitative estimate of drug-likeness (QED) is 0.500. The summed E-state index contributed by atoms with van der Waals surface area (Å²) in [6, 6.07) is 9.55. The van der Waals surface area contributed by atoms with E-state index in [0.29, 0.717) is 23.7 Å². The minimum Gasteiger partial charge on any atom is -0.492 e. The van der Waals surface area contributed by atoms with Crippen LogP contribution in [0.25, 0.3) is 0 Å². The Hall–Kier alpha value is -3.32. The van der Waals surface area contributed by atoms with Gasteiger partial charge in [-0.05, 0) is 51.8 Å². The SMILES string of the molecule is CCOc1ccccc1Nc1ccnc(N2CCN(CC3=CC=CCC3)CC2)c1C(=O)OC(C)C. The van der Waals surface area contributed by atoms with Gasteiger partial charge in [0.05, 0.1) is 24.1 Å². The van der Waals surface area contributed by atoms with E-state index in [2.05, 4.69) is 38.3 Å². The van der Waals surface area contributed by atoms with E-state index in [1.807, 2.05) is 51.1 Å². The van der Waals surface area contributed by atoms with Crippen molar-refractivity contribution in [3.8, 4) is 5.75 Å². The molecule has 2 aromatic rings. The van der Waals surface area contributed by atoms with E-state index < -0.39 is 0 Å². The molecule has 186 valence electrons. The number of aromatic nitrogens is 1. The summed E-state index contributed by atoms with van der Waals surface area (Å²) in [4.78, 5) is 22.6. The average Bonchev–Trinajstić information content (AvgIpc) is 2.86. The maximum Gasteiger partial charge on any atom is 0.344 e. The molecule has 0 radical (unpaired) electrons. The molecule has 0 saturated carbocycles. The van der Waals surface area contributed by atoms with Crippen LogP contribution in [-0.2, 0) is 4.74 Å². The molecule has 1 saturated heterocycles. The summed E-state index contributed by atoms with van der Waals surface area (Å²) in [6.07, 6.45) is 10.4. The molecular formula is C28H36N4O3. The van der Waals surface area contributed by atoms with Crippen LogP contribution in [0.2, 0.25) is 0 Å². The number of piperazine rings is 1. The first-order chi connectivity index (χ1) is 17.0. The summed E-state index contributed by atoms with van der Waals surface area (Å²) in [6.45, 7) is 10.7. The number of carbonyl (C=O) groups is 1. The number of nitrogens with zero attached hydrogens (tertiary/aromatic N) is 3. The van der Waals surface area contributed by atoms with Gasteiger partial charge in [0.2, 0.25) is 0 Å². The smallest absolute Gasteiger partial charge is 0.344 e. The Morgan fingerprint density at radius 1 is 1.11 bits per heavy atom. The first-order valence-electron chi connectivity index (χ1n) is 12.6. The third-order valence-corrected chi connectivity index (χ3v) is 6.13. The Morgan fingerprint density at radius 2 is 1.91 bits per heavy atom. The van der Waals surface area contributed by atoms with Gasteiger partial charge in [0.1, 0.15) is 17.1 Å². The standard InChI is InChI=1S/C28H36N4O3/c1-4-34-25-13-9-8-12-23(25)30-24-14-15-29-27(26(24)28(33)35-21(2)3)32-18-16-31(17-19-32)20-22-10-6-5-7-11-22/h5-6,8-10,12-15,21H,4,7,11,16-20H2,1-3H3,(H,29,30). The highest BCUT2D eigenvalue weighted by Crippen LogP contribution is 2.33. The third kappa shape index (κ3) is 6.42. The molecule has 1 aliphatic heterocycles. The van der Waals surface area contributed by atoms with E-state index in [1.165, 1.54) is 5.57 Å². The minimum atomic E-state index is -0.374. The van der Waals surface area contributed by atoms with E-state index in [1.54, 1.807) is 6.20 Å². The summed E-state index contributed by atoms with van der Waals surface area (Å²) in [5.41, 5.74) is 3.40. The Bertz CT molecular complexity index is 1070. The zero-order valence-electron chi connectivity index (χ0n) is 21.0. The molecule has 1 N–H and O–H groups in total. The molecule has 4 rings (SSSR count). The summed E-state index contributed by atoms with van der Waals surface area (Å²) in [7, 11) is 0. The van der Waals surface area contributed by atoms with Gasteiger partial charge in [-0.15, -0.1) is 0 Å². The Labute approximate surface area is 208 Å². The lowest BCUT2D eigenvalue weighted by molar-refractivity contribution is 0.0379. The molecular weight excluding hydrogens is 440 g/mol. The number of anilines is 3. The Kier molecular flexibility index (Phi) is 8.42. The second-order valence-corrected chi connectivity index (χ2v) is 9.12. The number of carbonyl (C=O) groups excluding carboxylic acids is 1. The Balaban J connectivity index is 1.57. The van der Waals surface area contributed by atoms with Crippen molar-refractivity contribution in [3.63, 3.8) is 0 Å².